The van der Waals surface area contributed by atoms with E-state index in [1.54, 1.807) is 13.2 Å². The molecule has 2 heterocycles. The summed E-state index contributed by atoms with van der Waals surface area (Å²) in [5.74, 6) is 0.523. The minimum Gasteiger partial charge on any atom is -0.497 e. The molecule has 0 radical (unpaired) electrons. The molecule has 4 rings (SSSR count). The quantitative estimate of drug-likeness (QED) is 0.700. The first-order valence-corrected chi connectivity index (χ1v) is 9.67. The van der Waals surface area contributed by atoms with Gasteiger partial charge in [0.25, 0.3) is 0 Å². The van der Waals surface area contributed by atoms with Crippen LogP contribution < -0.4 is 4.74 Å². The van der Waals surface area contributed by atoms with Crippen LogP contribution >= 0.6 is 0 Å². The van der Waals surface area contributed by atoms with Crippen molar-refractivity contribution in [2.45, 2.75) is 25.4 Å². The molecule has 5 heteroatoms. The van der Waals surface area contributed by atoms with Crippen molar-refractivity contribution in [2.75, 3.05) is 13.7 Å². The normalized spacial score (nSPS) is 18.9. The molecule has 1 atom stereocenters. The summed E-state index contributed by atoms with van der Waals surface area (Å²) in [5, 5.41) is 0. The summed E-state index contributed by atoms with van der Waals surface area (Å²) in [6, 6.07) is 17.9. The van der Waals surface area contributed by atoms with E-state index >= 15 is 0 Å². The van der Waals surface area contributed by atoms with Gasteiger partial charge in [-0.15, -0.1) is 0 Å². The summed E-state index contributed by atoms with van der Waals surface area (Å²) in [4.78, 5) is 26.9. The van der Waals surface area contributed by atoms with Crippen LogP contribution in [-0.2, 0) is 20.9 Å². The molecule has 0 N–H and O–H groups in total. The van der Waals surface area contributed by atoms with Gasteiger partial charge in [-0.1, -0.05) is 42.5 Å². The zero-order chi connectivity index (χ0) is 20.2. The van der Waals surface area contributed by atoms with E-state index < -0.39 is 0 Å². The number of cyclic esters (lactones) is 1. The average molecular weight is 389 g/mol. The first-order valence-electron chi connectivity index (χ1n) is 9.67. The molecule has 2 aliphatic rings. The Kier molecular flexibility index (Phi) is 5.47. The second kappa shape index (κ2) is 8.35. The molecule has 0 spiro atoms. The molecule has 0 saturated carbocycles. The third kappa shape index (κ3) is 4.24. The van der Waals surface area contributed by atoms with Crippen molar-refractivity contribution in [3.05, 3.63) is 89.1 Å². The number of rotatable bonds is 6. The number of methoxy groups -OCH3 is 1. The molecule has 148 valence electrons. The van der Waals surface area contributed by atoms with Gasteiger partial charge in [-0.3, -0.25) is 4.79 Å². The molecule has 2 aromatic carbocycles. The van der Waals surface area contributed by atoms with Crippen LogP contribution in [0.3, 0.4) is 0 Å². The average Bonchev–Trinajstić information content (AvgIpc) is 3.15. The Balaban J connectivity index is 1.64. The summed E-state index contributed by atoms with van der Waals surface area (Å²) >= 11 is 0. The summed E-state index contributed by atoms with van der Waals surface area (Å²) in [6.07, 6.45) is 4.36. The smallest absolute Gasteiger partial charge is 0.334 e. The van der Waals surface area contributed by atoms with Crippen LogP contribution in [0.4, 0.5) is 0 Å². The Morgan fingerprint density at radius 1 is 1.03 bits per heavy atom. The van der Waals surface area contributed by atoms with E-state index in [-0.39, 0.29) is 24.4 Å². The Hall–Kier alpha value is -3.34. The molecule has 5 nitrogen and oxygen atoms in total. The van der Waals surface area contributed by atoms with Gasteiger partial charge < -0.3 is 14.4 Å². The van der Waals surface area contributed by atoms with Crippen LogP contribution in [0, 0.1) is 0 Å². The lowest BCUT2D eigenvalue weighted by atomic mass is 9.90. The third-order valence-corrected chi connectivity index (χ3v) is 5.35. The van der Waals surface area contributed by atoms with Crippen molar-refractivity contribution in [1.29, 1.82) is 0 Å². The fourth-order valence-electron chi connectivity index (χ4n) is 3.76. The van der Waals surface area contributed by atoms with E-state index in [1.165, 1.54) is 0 Å². The second-order valence-electron chi connectivity index (χ2n) is 7.23. The lowest BCUT2D eigenvalue weighted by Crippen LogP contribution is -2.31. The van der Waals surface area contributed by atoms with Crippen LogP contribution in [0.25, 0.3) is 0 Å². The van der Waals surface area contributed by atoms with Crippen LogP contribution in [-0.4, -0.2) is 30.4 Å². The first kappa shape index (κ1) is 19.0. The molecule has 0 aliphatic carbocycles. The number of ether oxygens (including phenoxy) is 2. The van der Waals surface area contributed by atoms with Crippen molar-refractivity contribution in [2.24, 2.45) is 0 Å². The van der Waals surface area contributed by atoms with Crippen LogP contribution in [0.1, 0.15) is 30.0 Å². The highest BCUT2D eigenvalue weighted by atomic mass is 16.5. The number of esters is 1. The van der Waals surface area contributed by atoms with Gasteiger partial charge in [-0.05, 0) is 29.3 Å². The van der Waals surface area contributed by atoms with Gasteiger partial charge in [-0.25, -0.2) is 4.79 Å². The molecule has 0 saturated heterocycles. The van der Waals surface area contributed by atoms with Crippen molar-refractivity contribution < 1.29 is 19.1 Å². The predicted molar refractivity (Wildman–Crippen MR) is 109 cm³/mol. The fourth-order valence-corrected chi connectivity index (χ4v) is 3.76. The molecule has 1 unspecified atom stereocenters. The maximum atomic E-state index is 12.9. The summed E-state index contributed by atoms with van der Waals surface area (Å²) in [7, 11) is 1.64. The molecule has 0 bridgehead atoms. The van der Waals surface area contributed by atoms with E-state index in [9.17, 15) is 9.59 Å². The monoisotopic (exact) mass is 389 g/mol. The summed E-state index contributed by atoms with van der Waals surface area (Å²) in [5.41, 5.74) is 3.43. The summed E-state index contributed by atoms with van der Waals surface area (Å²) < 4.78 is 10.2. The molecular formula is C24H23NO4. The Labute approximate surface area is 170 Å². The van der Waals surface area contributed by atoms with E-state index in [1.807, 2.05) is 48.7 Å². The van der Waals surface area contributed by atoms with Gasteiger partial charge in [0.2, 0.25) is 0 Å². The zero-order valence-corrected chi connectivity index (χ0v) is 16.3. The number of hydrogen-bond donors (Lipinski definition) is 0. The second-order valence-corrected chi connectivity index (χ2v) is 7.23. The van der Waals surface area contributed by atoms with Crippen molar-refractivity contribution in [1.82, 2.24) is 4.90 Å². The molecule has 0 aromatic heterocycles. The summed E-state index contributed by atoms with van der Waals surface area (Å²) in [6.45, 7) is 0.968. The van der Waals surface area contributed by atoms with E-state index in [4.69, 9.17) is 9.47 Å². The SMILES string of the molecule is COc1ccc(C2CC(=O)C(CC3=CCOC3=O)=CN2Cc2ccccc2)cc1. The number of hydrogen-bond acceptors (Lipinski definition) is 5. The molecule has 2 aliphatic heterocycles. The van der Waals surface area contributed by atoms with E-state index in [0.29, 0.717) is 30.5 Å². The number of benzene rings is 2. The van der Waals surface area contributed by atoms with Crippen LogP contribution in [0.2, 0.25) is 0 Å². The van der Waals surface area contributed by atoms with E-state index in [2.05, 4.69) is 17.0 Å². The topological polar surface area (TPSA) is 55.8 Å². The first-order chi connectivity index (χ1) is 14.1. The van der Waals surface area contributed by atoms with Crippen molar-refractivity contribution in [3.8, 4) is 5.75 Å². The van der Waals surface area contributed by atoms with Gasteiger partial charge in [-0.2, -0.15) is 0 Å². The Morgan fingerprint density at radius 2 is 1.79 bits per heavy atom. The van der Waals surface area contributed by atoms with Gasteiger partial charge in [0.15, 0.2) is 5.78 Å². The predicted octanol–water partition coefficient (Wildman–Crippen LogP) is 3.97. The highest BCUT2D eigenvalue weighted by molar-refractivity contribution is 6.00. The van der Waals surface area contributed by atoms with Crippen molar-refractivity contribution >= 4 is 11.8 Å². The molecule has 0 fully saturated rings. The van der Waals surface area contributed by atoms with Gasteiger partial charge in [0, 0.05) is 36.7 Å². The van der Waals surface area contributed by atoms with E-state index in [0.717, 1.165) is 16.9 Å². The molecule has 0 amide bonds. The number of nitrogens with zero attached hydrogens (tertiary/aromatic N) is 1. The highest BCUT2D eigenvalue weighted by Crippen LogP contribution is 2.35. The Morgan fingerprint density at radius 3 is 2.45 bits per heavy atom. The van der Waals surface area contributed by atoms with Crippen LogP contribution in [0.5, 0.6) is 5.75 Å². The number of carbonyl (C=O) groups excluding carboxylic acids is 2. The zero-order valence-electron chi connectivity index (χ0n) is 16.3. The lowest BCUT2D eigenvalue weighted by Gasteiger charge is -2.35. The maximum Gasteiger partial charge on any atom is 0.334 e. The fraction of sp³-hybridized carbons (Fsp3) is 0.250. The van der Waals surface area contributed by atoms with Crippen molar-refractivity contribution in [3.63, 3.8) is 0 Å². The number of ketones is 1. The van der Waals surface area contributed by atoms with Gasteiger partial charge >= 0.3 is 5.97 Å². The number of Topliss-reactive ketones (excluding diaryl/α,β-unsaturated/α-hetero) is 1. The van der Waals surface area contributed by atoms with Gasteiger partial charge in [0.05, 0.1) is 13.2 Å². The molecule has 2 aromatic rings. The number of carbonyl (C=O) groups is 2. The minimum absolute atomic E-state index is 0.0655. The minimum atomic E-state index is -0.328. The lowest BCUT2D eigenvalue weighted by molar-refractivity contribution is -0.136. The Bertz CT molecular complexity index is 960. The van der Waals surface area contributed by atoms with Crippen LogP contribution in [0.15, 0.2) is 78.0 Å². The van der Waals surface area contributed by atoms with Gasteiger partial charge in [0.1, 0.15) is 12.4 Å². The maximum absolute atomic E-state index is 12.9. The largest absolute Gasteiger partial charge is 0.497 e. The molecular weight excluding hydrogens is 366 g/mol. The number of allylic oxidation sites excluding steroid dienone is 1. The highest BCUT2D eigenvalue weighted by Gasteiger charge is 2.30. The third-order valence-electron chi connectivity index (χ3n) is 5.35. The standard InChI is InChI=1S/C24H23NO4/c1-28-21-9-7-18(8-10-21)22-14-23(26)20(13-19-11-12-29-24(19)27)16-25(22)15-17-5-3-2-4-6-17/h2-11,16,22H,12-15H2,1H3. The molecule has 29 heavy (non-hydrogen) atoms.